The predicted molar refractivity (Wildman–Crippen MR) is 90.7 cm³/mol. The maximum atomic E-state index is 9.80. The van der Waals surface area contributed by atoms with Gasteiger partial charge in [0, 0.05) is 24.9 Å². The summed E-state index contributed by atoms with van der Waals surface area (Å²) in [6, 6.07) is 12.7. The molecule has 0 bridgehead atoms. The van der Waals surface area contributed by atoms with Crippen LogP contribution >= 0.6 is 24.0 Å². The van der Waals surface area contributed by atoms with E-state index in [0.29, 0.717) is 0 Å². The molecule has 0 saturated carbocycles. The Morgan fingerprint density at radius 3 is 2.90 bits per heavy atom. The second-order valence-corrected chi connectivity index (χ2v) is 6.49. The van der Waals surface area contributed by atoms with E-state index in [2.05, 4.69) is 17.0 Å². The molecule has 1 aliphatic heterocycles. The Labute approximate surface area is 133 Å². The van der Waals surface area contributed by atoms with Gasteiger partial charge in [-0.05, 0) is 22.4 Å². The lowest BCUT2D eigenvalue weighted by molar-refractivity contribution is 0.0702. The topological polar surface area (TPSA) is 32.7 Å². The lowest BCUT2D eigenvalue weighted by atomic mass is 10.1. The van der Waals surface area contributed by atoms with Gasteiger partial charge in [0.05, 0.1) is 13.2 Å². The van der Waals surface area contributed by atoms with E-state index in [1.807, 2.05) is 18.2 Å². The summed E-state index contributed by atoms with van der Waals surface area (Å²) in [5.74, 6) is 0.931. The highest BCUT2D eigenvalue weighted by atomic mass is 32.2. The Morgan fingerprint density at radius 1 is 1.33 bits per heavy atom. The summed E-state index contributed by atoms with van der Waals surface area (Å²) in [5, 5.41) is 11.9. The van der Waals surface area contributed by atoms with E-state index in [1.54, 1.807) is 17.8 Å². The molecule has 1 N–H and O–H groups in total. The van der Waals surface area contributed by atoms with Crippen LogP contribution in [0.4, 0.5) is 0 Å². The van der Waals surface area contributed by atoms with Crippen LogP contribution in [0.25, 0.3) is 10.8 Å². The fourth-order valence-electron chi connectivity index (χ4n) is 2.39. The van der Waals surface area contributed by atoms with Crippen molar-refractivity contribution in [3.63, 3.8) is 0 Å². The normalized spacial score (nSPS) is 15.3. The summed E-state index contributed by atoms with van der Waals surface area (Å²) in [7, 11) is 0. The molecule has 3 nitrogen and oxygen atoms in total. The van der Waals surface area contributed by atoms with Gasteiger partial charge < -0.3 is 14.7 Å². The average Bonchev–Trinajstić information content (AvgIpc) is 2.53. The van der Waals surface area contributed by atoms with E-state index in [1.165, 1.54) is 0 Å². The first-order valence-corrected chi connectivity index (χ1v) is 8.26. The number of fused-ring (bicyclic) bond motifs is 1. The highest BCUT2D eigenvalue weighted by Crippen LogP contribution is 2.28. The lowest BCUT2D eigenvalue weighted by Crippen LogP contribution is -2.38. The fraction of sp³-hybridized carbons (Fsp3) is 0.312. The lowest BCUT2D eigenvalue weighted by Gasteiger charge is -2.28. The van der Waals surface area contributed by atoms with E-state index in [-0.39, 0.29) is 5.75 Å². The molecule has 5 heteroatoms. The Hall–Kier alpha value is -1.30. The number of rotatable bonds is 2. The number of phenols is 1. The minimum atomic E-state index is 0.182. The molecule has 0 atom stereocenters. The summed E-state index contributed by atoms with van der Waals surface area (Å²) in [6.45, 7) is 3.20. The molecule has 0 spiro atoms. The number of ether oxygens (including phenoxy) is 1. The fourth-order valence-corrected chi connectivity index (χ4v) is 3.63. The van der Waals surface area contributed by atoms with Crippen molar-refractivity contribution in [3.8, 4) is 5.75 Å². The average molecular weight is 318 g/mol. The molecule has 1 heterocycles. The minimum absolute atomic E-state index is 0.182. The van der Waals surface area contributed by atoms with Gasteiger partial charge in [-0.3, -0.25) is 0 Å². The summed E-state index contributed by atoms with van der Waals surface area (Å²) in [6.07, 6.45) is 0. The van der Waals surface area contributed by atoms with Crippen molar-refractivity contribution in [1.82, 2.24) is 4.90 Å². The number of nitrogens with zero attached hydrogens (tertiary/aromatic N) is 1. The SMILES string of the molecule is Oc1[c]c2ccccc2c(CSC(=S)N2CCOCC2)c1. The smallest absolute Gasteiger partial charge is 0.136 e. The molecule has 1 radical (unpaired) electrons. The molecule has 0 aliphatic carbocycles. The van der Waals surface area contributed by atoms with Gasteiger partial charge in [-0.2, -0.15) is 0 Å². The number of thioether (sulfide) groups is 1. The third kappa shape index (κ3) is 3.48. The zero-order chi connectivity index (χ0) is 14.7. The Bertz CT molecular complexity index is 654. The first-order chi connectivity index (χ1) is 10.2. The maximum Gasteiger partial charge on any atom is 0.136 e. The molecule has 3 rings (SSSR count). The predicted octanol–water partition coefficient (Wildman–Crippen LogP) is 3.20. The number of thiocarbonyl (C=S) groups is 1. The van der Waals surface area contributed by atoms with E-state index in [4.69, 9.17) is 17.0 Å². The van der Waals surface area contributed by atoms with E-state index < -0.39 is 0 Å². The molecule has 21 heavy (non-hydrogen) atoms. The van der Waals surface area contributed by atoms with Gasteiger partial charge in [0.25, 0.3) is 0 Å². The van der Waals surface area contributed by atoms with Crippen molar-refractivity contribution in [2.75, 3.05) is 26.3 Å². The van der Waals surface area contributed by atoms with E-state index in [0.717, 1.165) is 52.7 Å². The van der Waals surface area contributed by atoms with Crippen LogP contribution in [-0.4, -0.2) is 40.6 Å². The summed E-state index contributed by atoms with van der Waals surface area (Å²) in [4.78, 5) is 2.18. The van der Waals surface area contributed by atoms with E-state index in [9.17, 15) is 5.11 Å². The Morgan fingerprint density at radius 2 is 2.10 bits per heavy atom. The van der Waals surface area contributed by atoms with Crippen LogP contribution in [-0.2, 0) is 10.5 Å². The molecular weight excluding hydrogens is 302 g/mol. The number of benzene rings is 2. The number of morpholine rings is 1. The van der Waals surface area contributed by atoms with Gasteiger partial charge >= 0.3 is 0 Å². The van der Waals surface area contributed by atoms with Crippen molar-refractivity contribution in [3.05, 3.63) is 42.0 Å². The van der Waals surface area contributed by atoms with Crippen molar-refractivity contribution in [1.29, 1.82) is 0 Å². The standard InChI is InChI=1S/C16H16NO2S2/c18-14-9-12-3-1-2-4-15(12)13(10-14)11-21-16(20)17-5-7-19-8-6-17/h1-4,10,18H,5-8,11H2. The molecule has 0 aromatic heterocycles. The quantitative estimate of drug-likeness (QED) is 0.860. The molecular formula is C16H16NO2S2. The van der Waals surface area contributed by atoms with Gasteiger partial charge in [0.2, 0.25) is 0 Å². The van der Waals surface area contributed by atoms with Gasteiger partial charge in [-0.1, -0.05) is 48.2 Å². The third-order valence-electron chi connectivity index (χ3n) is 3.47. The van der Waals surface area contributed by atoms with Crippen molar-refractivity contribution >= 4 is 39.1 Å². The number of phenolic OH excluding ortho intramolecular Hbond substituents is 1. The summed E-state index contributed by atoms with van der Waals surface area (Å²) >= 11 is 7.13. The molecule has 0 unspecified atom stereocenters. The van der Waals surface area contributed by atoms with Crippen LogP contribution in [0, 0.1) is 6.07 Å². The highest BCUT2D eigenvalue weighted by Gasteiger charge is 2.14. The molecule has 109 valence electrons. The molecule has 1 saturated heterocycles. The number of hydrogen-bond donors (Lipinski definition) is 1. The highest BCUT2D eigenvalue weighted by molar-refractivity contribution is 8.22. The molecule has 2 aromatic carbocycles. The van der Waals surface area contributed by atoms with Gasteiger partial charge in [-0.15, -0.1) is 0 Å². The van der Waals surface area contributed by atoms with Crippen LogP contribution < -0.4 is 0 Å². The zero-order valence-corrected chi connectivity index (χ0v) is 13.2. The third-order valence-corrected chi connectivity index (χ3v) is 5.04. The Kier molecular flexibility index (Phi) is 4.63. The number of hydrogen-bond acceptors (Lipinski definition) is 4. The van der Waals surface area contributed by atoms with Crippen LogP contribution in [0.15, 0.2) is 30.3 Å². The van der Waals surface area contributed by atoms with Crippen molar-refractivity contribution < 1.29 is 9.84 Å². The number of aromatic hydroxyl groups is 1. The van der Waals surface area contributed by atoms with E-state index >= 15 is 0 Å². The largest absolute Gasteiger partial charge is 0.507 e. The second-order valence-electron chi connectivity index (χ2n) is 4.88. The molecule has 1 aliphatic rings. The molecule has 2 aromatic rings. The van der Waals surface area contributed by atoms with Crippen LogP contribution in [0.2, 0.25) is 0 Å². The van der Waals surface area contributed by atoms with Crippen LogP contribution in [0.5, 0.6) is 5.75 Å². The second kappa shape index (κ2) is 6.64. The molecule has 1 fully saturated rings. The minimum Gasteiger partial charge on any atom is -0.507 e. The monoisotopic (exact) mass is 318 g/mol. The first-order valence-electron chi connectivity index (χ1n) is 6.86. The van der Waals surface area contributed by atoms with Gasteiger partial charge in [-0.25, -0.2) is 0 Å². The maximum absolute atomic E-state index is 9.80. The first kappa shape index (κ1) is 14.6. The summed E-state index contributed by atoms with van der Waals surface area (Å²) < 4.78 is 6.24. The van der Waals surface area contributed by atoms with Crippen molar-refractivity contribution in [2.24, 2.45) is 0 Å². The van der Waals surface area contributed by atoms with Gasteiger partial charge in [0.1, 0.15) is 10.1 Å². The van der Waals surface area contributed by atoms with Crippen LogP contribution in [0.3, 0.4) is 0 Å². The Balaban J connectivity index is 1.74. The van der Waals surface area contributed by atoms with Gasteiger partial charge in [0.15, 0.2) is 0 Å². The van der Waals surface area contributed by atoms with Crippen molar-refractivity contribution in [2.45, 2.75) is 5.75 Å². The zero-order valence-electron chi connectivity index (χ0n) is 11.5. The molecule has 0 amide bonds. The van der Waals surface area contributed by atoms with Crippen LogP contribution in [0.1, 0.15) is 5.56 Å². The summed E-state index contributed by atoms with van der Waals surface area (Å²) in [5.41, 5.74) is 1.09.